The number of nitrogens with two attached hydrogens (primary N) is 1. The number of amides is 1. The van der Waals surface area contributed by atoms with Crippen molar-refractivity contribution < 1.29 is 34.8 Å². The van der Waals surface area contributed by atoms with Crippen molar-refractivity contribution in [2.45, 2.75) is 30.6 Å². The smallest absolute Gasteiger partial charge is 0.230 e. The van der Waals surface area contributed by atoms with Gasteiger partial charge in [-0.05, 0) is 56.6 Å². The number of fused-ring (bicyclic) bond motifs is 3. The van der Waals surface area contributed by atoms with Gasteiger partial charge in [-0.2, -0.15) is 5.10 Å². The summed E-state index contributed by atoms with van der Waals surface area (Å²) in [7, 11) is 3.22. The quantitative estimate of drug-likeness (QED) is 0.354. The first-order valence-corrected chi connectivity index (χ1v) is 11.2. The summed E-state index contributed by atoms with van der Waals surface area (Å²) in [5, 5.41) is 48.5. The van der Waals surface area contributed by atoms with Gasteiger partial charge in [-0.15, -0.1) is 0 Å². The van der Waals surface area contributed by atoms with Gasteiger partial charge in [-0.25, -0.2) is 4.68 Å². The lowest BCUT2D eigenvalue weighted by Gasteiger charge is -2.53. The minimum Gasteiger partial charge on any atom is -0.507 e. The molecule has 0 bridgehead atoms. The van der Waals surface area contributed by atoms with Gasteiger partial charge >= 0.3 is 0 Å². The van der Waals surface area contributed by atoms with E-state index in [0.717, 1.165) is 0 Å². The van der Waals surface area contributed by atoms with E-state index in [2.05, 4.69) is 5.10 Å². The fourth-order valence-corrected chi connectivity index (χ4v) is 6.21. The average Bonchev–Trinajstić information content (AvgIpc) is 3.30. The molecule has 2 fully saturated rings. The van der Waals surface area contributed by atoms with E-state index in [1.54, 1.807) is 48.2 Å². The number of carbonyl (C=O) groups is 3. The number of likely N-dealkylation sites (N-methyl/N-ethyl adjacent to an activating group) is 1. The Kier molecular flexibility index (Phi) is 5.13. The number of aromatic nitrogens is 2. The highest BCUT2D eigenvalue weighted by Gasteiger charge is 2.67. The third-order valence-corrected chi connectivity index (χ3v) is 7.70. The Morgan fingerprint density at radius 1 is 1.26 bits per heavy atom. The molecule has 2 unspecified atom stereocenters. The normalized spacial score (nSPS) is 32.3. The monoisotopic (exact) mass is 482 g/mol. The fourth-order valence-electron chi connectivity index (χ4n) is 6.21. The zero-order valence-electron chi connectivity index (χ0n) is 19.1. The second-order valence-corrected chi connectivity index (χ2v) is 9.70. The molecule has 35 heavy (non-hydrogen) atoms. The number of aliphatic hydroxyl groups excluding tert-OH is 2. The summed E-state index contributed by atoms with van der Waals surface area (Å²) in [4.78, 5) is 40.7. The molecule has 0 aliphatic heterocycles. The van der Waals surface area contributed by atoms with E-state index < -0.39 is 58.7 Å². The molecular formula is C24H26N4O7. The number of carbonyl (C=O) groups excluding carboxylic acids is 3. The summed E-state index contributed by atoms with van der Waals surface area (Å²) in [5.41, 5.74) is 3.70. The van der Waals surface area contributed by atoms with Gasteiger partial charge in [0.2, 0.25) is 11.7 Å². The van der Waals surface area contributed by atoms with Crippen molar-refractivity contribution in [1.82, 2.24) is 14.7 Å². The topological polar surface area (TPSA) is 179 Å². The Bertz CT molecular complexity index is 1290. The SMILES string of the molecule is CN(C)[C@@H]1C(O)C(C(N)=O)C(=O)[C@@]2(O)C(=O)C3=C(O)c4c(O)ccc(-n5cccn5)c4C[C@H]3C[C@@H]12. The van der Waals surface area contributed by atoms with Gasteiger partial charge in [0.15, 0.2) is 11.4 Å². The molecule has 1 heterocycles. The molecule has 184 valence electrons. The number of phenolic OH excluding ortho intramolecular Hbond substituents is 1. The van der Waals surface area contributed by atoms with Gasteiger partial charge in [0.1, 0.15) is 17.4 Å². The van der Waals surface area contributed by atoms with Crippen LogP contribution in [0.5, 0.6) is 5.75 Å². The highest BCUT2D eigenvalue weighted by Crippen LogP contribution is 2.52. The minimum atomic E-state index is -2.67. The van der Waals surface area contributed by atoms with Crippen LogP contribution >= 0.6 is 0 Å². The second kappa shape index (κ2) is 7.74. The summed E-state index contributed by atoms with van der Waals surface area (Å²) in [5.74, 6) is -7.64. The van der Waals surface area contributed by atoms with Gasteiger partial charge in [0, 0.05) is 29.9 Å². The van der Waals surface area contributed by atoms with E-state index in [1.165, 1.54) is 6.07 Å². The maximum absolute atomic E-state index is 13.8. The summed E-state index contributed by atoms with van der Waals surface area (Å²) >= 11 is 0. The second-order valence-electron chi connectivity index (χ2n) is 9.70. The van der Waals surface area contributed by atoms with E-state index in [9.17, 15) is 34.8 Å². The number of Topliss-reactive ketones (excluding diaryl/α,β-unsaturated/α-hetero) is 2. The molecule has 3 aliphatic rings. The number of primary amides is 1. The molecule has 6 atom stereocenters. The van der Waals surface area contributed by atoms with Crippen LogP contribution in [0.3, 0.4) is 0 Å². The molecule has 6 N–H and O–H groups in total. The Labute approximate surface area is 200 Å². The first-order valence-electron chi connectivity index (χ1n) is 11.2. The van der Waals surface area contributed by atoms with Crippen LogP contribution < -0.4 is 5.73 Å². The summed E-state index contributed by atoms with van der Waals surface area (Å²) in [6.45, 7) is 0. The molecule has 2 saturated carbocycles. The molecule has 5 rings (SSSR count). The Morgan fingerprint density at radius 3 is 2.57 bits per heavy atom. The van der Waals surface area contributed by atoms with Crippen molar-refractivity contribution in [3.63, 3.8) is 0 Å². The Hall–Kier alpha value is -3.54. The molecule has 1 aromatic heterocycles. The number of benzene rings is 1. The average molecular weight is 482 g/mol. The van der Waals surface area contributed by atoms with E-state index in [-0.39, 0.29) is 29.7 Å². The van der Waals surface area contributed by atoms with Crippen LogP contribution in [-0.2, 0) is 20.8 Å². The molecule has 0 radical (unpaired) electrons. The number of ketones is 2. The van der Waals surface area contributed by atoms with E-state index in [0.29, 0.717) is 11.3 Å². The van der Waals surface area contributed by atoms with Crippen molar-refractivity contribution in [1.29, 1.82) is 0 Å². The number of nitrogens with zero attached hydrogens (tertiary/aromatic N) is 3. The lowest BCUT2D eigenvalue weighted by atomic mass is 9.54. The van der Waals surface area contributed by atoms with Gasteiger partial charge in [-0.1, -0.05) is 0 Å². The maximum Gasteiger partial charge on any atom is 0.230 e. The van der Waals surface area contributed by atoms with Crippen LogP contribution in [0.4, 0.5) is 0 Å². The first kappa shape index (κ1) is 23.2. The molecule has 0 saturated heterocycles. The number of aliphatic hydroxyl groups is 3. The summed E-state index contributed by atoms with van der Waals surface area (Å²) in [6, 6.07) is 3.80. The van der Waals surface area contributed by atoms with Crippen LogP contribution in [0, 0.1) is 17.8 Å². The predicted octanol–water partition coefficient (Wildman–Crippen LogP) is -0.685. The number of phenols is 1. The molecule has 1 amide bonds. The number of hydrogen-bond donors (Lipinski definition) is 5. The zero-order valence-corrected chi connectivity index (χ0v) is 19.1. The minimum absolute atomic E-state index is 0.0264. The zero-order chi connectivity index (χ0) is 25.4. The standard InChI is InChI=1S/C24H26N4O7/c1-27(2)18-12-9-10-8-11-13(28-7-3-6-26-28)4-5-14(29)16(11)19(30)15(10)21(32)24(12,35)22(33)17(20(18)31)23(25)34/h3-7,10,12,17-18,20,29-31,35H,8-9H2,1-2H3,(H2,25,34)/t10-,12-,17?,18-,20?,24-/m0/s1. The van der Waals surface area contributed by atoms with E-state index >= 15 is 0 Å². The molecule has 3 aliphatic carbocycles. The summed E-state index contributed by atoms with van der Waals surface area (Å²) in [6.07, 6.45) is 2.04. The highest BCUT2D eigenvalue weighted by atomic mass is 16.3. The number of aromatic hydroxyl groups is 1. The third kappa shape index (κ3) is 3.01. The van der Waals surface area contributed by atoms with Gasteiger partial charge in [-0.3, -0.25) is 14.4 Å². The van der Waals surface area contributed by atoms with Crippen LogP contribution in [0.25, 0.3) is 11.4 Å². The van der Waals surface area contributed by atoms with E-state index in [1.807, 2.05) is 0 Å². The van der Waals surface area contributed by atoms with Gasteiger partial charge in [0.05, 0.1) is 17.4 Å². The first-order chi connectivity index (χ1) is 16.5. The molecule has 11 nitrogen and oxygen atoms in total. The summed E-state index contributed by atoms with van der Waals surface area (Å²) < 4.78 is 1.57. The molecule has 2 aromatic rings. The van der Waals surface area contributed by atoms with Crippen molar-refractivity contribution in [3.05, 3.63) is 47.3 Å². The van der Waals surface area contributed by atoms with Crippen molar-refractivity contribution >= 4 is 23.2 Å². The van der Waals surface area contributed by atoms with Crippen LogP contribution in [-0.4, -0.2) is 84.4 Å². The Balaban J connectivity index is 1.71. The fraction of sp³-hybridized carbons (Fsp3) is 0.417. The predicted molar refractivity (Wildman–Crippen MR) is 121 cm³/mol. The largest absolute Gasteiger partial charge is 0.507 e. The van der Waals surface area contributed by atoms with E-state index in [4.69, 9.17) is 5.73 Å². The number of rotatable bonds is 3. The molecular weight excluding hydrogens is 456 g/mol. The van der Waals surface area contributed by atoms with Crippen LogP contribution in [0.2, 0.25) is 0 Å². The molecule has 0 spiro atoms. The van der Waals surface area contributed by atoms with Crippen molar-refractivity contribution in [3.8, 4) is 11.4 Å². The lowest BCUT2D eigenvalue weighted by Crippen LogP contribution is -2.73. The molecule has 1 aromatic carbocycles. The molecule has 11 heteroatoms. The van der Waals surface area contributed by atoms with Crippen molar-refractivity contribution in [2.75, 3.05) is 14.1 Å². The maximum atomic E-state index is 13.8. The van der Waals surface area contributed by atoms with Gasteiger partial charge in [0.25, 0.3) is 0 Å². The van der Waals surface area contributed by atoms with Gasteiger partial charge < -0.3 is 31.1 Å². The third-order valence-electron chi connectivity index (χ3n) is 7.70. The Morgan fingerprint density at radius 2 is 1.97 bits per heavy atom. The van der Waals surface area contributed by atoms with Crippen LogP contribution in [0.15, 0.2) is 36.2 Å². The lowest BCUT2D eigenvalue weighted by molar-refractivity contribution is -0.184. The number of hydrogen-bond acceptors (Lipinski definition) is 9. The highest BCUT2D eigenvalue weighted by molar-refractivity contribution is 6.25. The van der Waals surface area contributed by atoms with Crippen molar-refractivity contribution in [2.24, 2.45) is 23.5 Å². The van der Waals surface area contributed by atoms with Crippen LogP contribution in [0.1, 0.15) is 17.5 Å².